The molecular weight excluding hydrogens is 511 g/mol. The number of anilines is 1. The van der Waals surface area contributed by atoms with E-state index in [-0.39, 0.29) is 27.8 Å². The van der Waals surface area contributed by atoms with Crippen LogP contribution in [0.5, 0.6) is 0 Å². The number of amides is 1. The maximum Gasteiger partial charge on any atom is 0.435 e. The third kappa shape index (κ3) is 5.49. The average Bonchev–Trinajstić information content (AvgIpc) is 3.31. The van der Waals surface area contributed by atoms with Gasteiger partial charge in [-0.1, -0.05) is 24.3 Å². The van der Waals surface area contributed by atoms with E-state index in [1.165, 1.54) is 54.7 Å². The second-order valence-electron chi connectivity index (χ2n) is 7.71. The lowest BCUT2D eigenvalue weighted by Gasteiger charge is -2.12. The molecule has 6 N–H and O–H groups in total. The van der Waals surface area contributed by atoms with E-state index < -0.39 is 33.5 Å². The van der Waals surface area contributed by atoms with E-state index in [1.54, 1.807) is 12.1 Å². The summed E-state index contributed by atoms with van der Waals surface area (Å²) in [7, 11) is -3.92. The van der Waals surface area contributed by atoms with Crippen LogP contribution in [0.2, 0.25) is 0 Å². The largest absolute Gasteiger partial charge is 0.435 e. The molecule has 10 nitrogen and oxygen atoms in total. The highest BCUT2D eigenvalue weighted by Crippen LogP contribution is 2.31. The molecule has 2 heterocycles. The molecule has 0 bridgehead atoms. The normalized spacial score (nSPS) is 11.8. The number of halogens is 3. The average molecular weight is 530 g/mol. The van der Waals surface area contributed by atoms with Crippen LogP contribution >= 0.6 is 0 Å². The second-order valence-corrected chi connectivity index (χ2v) is 9.27. The standard InChI is InChI=1S/C23H18F3N7O3S/c24-23(25,26)19-12-18(33(32-19)15-4-1-3-14(11-15)20(27)28)22(34)31-21-17(5-2-10-30-21)13-6-8-16(9-7-13)37(29,35)36/h1-12H,(H3,27,28)(H2,29,35,36)(H,30,31,34). The van der Waals surface area contributed by atoms with Gasteiger partial charge in [0.1, 0.15) is 17.3 Å². The van der Waals surface area contributed by atoms with Crippen molar-refractivity contribution in [3.63, 3.8) is 0 Å². The molecule has 2 aromatic heterocycles. The van der Waals surface area contributed by atoms with Crippen LogP contribution < -0.4 is 16.2 Å². The molecule has 4 rings (SSSR count). The van der Waals surface area contributed by atoms with Gasteiger partial charge in [-0.05, 0) is 42.0 Å². The van der Waals surface area contributed by atoms with E-state index in [1.807, 2.05) is 0 Å². The van der Waals surface area contributed by atoms with E-state index in [0.29, 0.717) is 17.2 Å². The second kappa shape index (κ2) is 9.48. The van der Waals surface area contributed by atoms with E-state index in [2.05, 4.69) is 15.4 Å². The number of hydrogen-bond donors (Lipinski definition) is 4. The van der Waals surface area contributed by atoms with Gasteiger partial charge in [-0.3, -0.25) is 10.2 Å². The summed E-state index contributed by atoms with van der Waals surface area (Å²) in [5.41, 5.74) is 4.88. The van der Waals surface area contributed by atoms with Crippen LogP contribution in [-0.4, -0.2) is 34.9 Å². The summed E-state index contributed by atoms with van der Waals surface area (Å²) >= 11 is 0. The minimum absolute atomic E-state index is 0.00894. The van der Waals surface area contributed by atoms with Gasteiger partial charge < -0.3 is 11.1 Å². The number of rotatable bonds is 6. The molecule has 0 spiro atoms. The maximum atomic E-state index is 13.5. The molecule has 0 aliphatic rings. The van der Waals surface area contributed by atoms with Crippen molar-refractivity contribution in [2.24, 2.45) is 10.9 Å². The number of alkyl halides is 3. The van der Waals surface area contributed by atoms with Crippen molar-refractivity contribution < 1.29 is 26.4 Å². The van der Waals surface area contributed by atoms with Crippen molar-refractivity contribution in [2.45, 2.75) is 11.1 Å². The monoisotopic (exact) mass is 529 g/mol. The molecule has 14 heteroatoms. The fraction of sp³-hybridized carbons (Fsp3) is 0.0435. The first kappa shape index (κ1) is 25.5. The number of primary sulfonamides is 1. The minimum Gasteiger partial charge on any atom is -0.384 e. The fourth-order valence-corrected chi connectivity index (χ4v) is 3.93. The van der Waals surface area contributed by atoms with Gasteiger partial charge in [0.15, 0.2) is 5.69 Å². The number of nitrogens with two attached hydrogens (primary N) is 2. The number of aromatic nitrogens is 3. The Balaban J connectivity index is 1.75. The van der Waals surface area contributed by atoms with Gasteiger partial charge in [0, 0.05) is 23.4 Å². The quantitative estimate of drug-likeness (QED) is 0.221. The van der Waals surface area contributed by atoms with Gasteiger partial charge in [0.05, 0.1) is 10.6 Å². The first-order valence-corrected chi connectivity index (χ1v) is 11.9. The lowest BCUT2D eigenvalue weighted by atomic mass is 10.1. The molecule has 37 heavy (non-hydrogen) atoms. The number of nitrogens with zero attached hydrogens (tertiary/aromatic N) is 3. The Labute approximate surface area is 208 Å². The first-order chi connectivity index (χ1) is 17.3. The van der Waals surface area contributed by atoms with Crippen LogP contribution in [0, 0.1) is 5.41 Å². The van der Waals surface area contributed by atoms with Crippen molar-refractivity contribution in [1.82, 2.24) is 14.8 Å². The molecule has 1 amide bonds. The number of nitrogens with one attached hydrogen (secondary N) is 2. The van der Waals surface area contributed by atoms with Crippen LogP contribution in [0.15, 0.2) is 77.8 Å². The molecule has 2 aromatic carbocycles. The molecule has 0 radical (unpaired) electrons. The molecule has 0 unspecified atom stereocenters. The SMILES string of the molecule is N=C(N)c1cccc(-n2nc(C(F)(F)F)cc2C(=O)Nc2ncccc2-c2ccc(S(N)(=O)=O)cc2)c1. The summed E-state index contributed by atoms with van der Waals surface area (Å²) in [4.78, 5) is 17.2. The lowest BCUT2D eigenvalue weighted by Crippen LogP contribution is -2.18. The topological polar surface area (TPSA) is 170 Å². The molecule has 0 saturated heterocycles. The molecule has 0 fully saturated rings. The molecule has 4 aromatic rings. The van der Waals surface area contributed by atoms with E-state index in [9.17, 15) is 26.4 Å². The van der Waals surface area contributed by atoms with Gasteiger partial charge in [-0.15, -0.1) is 0 Å². The van der Waals surface area contributed by atoms with Crippen LogP contribution in [0.4, 0.5) is 19.0 Å². The van der Waals surface area contributed by atoms with E-state index in [0.717, 1.165) is 4.68 Å². The molecule has 0 saturated carbocycles. The Morgan fingerprint density at radius 1 is 1.03 bits per heavy atom. The highest BCUT2D eigenvalue weighted by molar-refractivity contribution is 7.89. The van der Waals surface area contributed by atoms with E-state index >= 15 is 0 Å². The Kier molecular flexibility index (Phi) is 6.54. The molecule has 0 atom stereocenters. The highest BCUT2D eigenvalue weighted by atomic mass is 32.2. The minimum atomic E-state index is -4.83. The van der Waals surface area contributed by atoms with Crippen LogP contribution in [0.25, 0.3) is 16.8 Å². The predicted molar refractivity (Wildman–Crippen MR) is 129 cm³/mol. The Morgan fingerprint density at radius 3 is 2.35 bits per heavy atom. The van der Waals surface area contributed by atoms with Crippen molar-refractivity contribution in [1.29, 1.82) is 5.41 Å². The number of nitrogen functional groups attached to an aromatic ring is 1. The van der Waals surface area contributed by atoms with Crippen molar-refractivity contribution in [2.75, 3.05) is 5.32 Å². The molecule has 0 aliphatic heterocycles. The van der Waals surface area contributed by atoms with Crippen molar-refractivity contribution >= 4 is 27.6 Å². The molecular formula is C23H18F3N7O3S. The lowest BCUT2D eigenvalue weighted by molar-refractivity contribution is -0.141. The number of benzene rings is 2. The number of hydrogen-bond acceptors (Lipinski definition) is 6. The highest BCUT2D eigenvalue weighted by Gasteiger charge is 2.36. The Hall–Kier alpha value is -4.56. The van der Waals surface area contributed by atoms with Gasteiger partial charge in [-0.25, -0.2) is 23.2 Å². The van der Waals surface area contributed by atoms with Crippen LogP contribution in [0.3, 0.4) is 0 Å². The van der Waals surface area contributed by atoms with Crippen molar-refractivity contribution in [3.05, 3.63) is 89.9 Å². The van der Waals surface area contributed by atoms with Gasteiger partial charge in [0.25, 0.3) is 5.91 Å². The number of pyridine rings is 1. The zero-order valence-electron chi connectivity index (χ0n) is 18.7. The number of carbonyl (C=O) groups excluding carboxylic acids is 1. The summed E-state index contributed by atoms with van der Waals surface area (Å²) in [5.74, 6) is -1.25. The Morgan fingerprint density at radius 2 is 1.73 bits per heavy atom. The third-order valence-corrected chi connectivity index (χ3v) is 6.10. The summed E-state index contributed by atoms with van der Waals surface area (Å²) in [5, 5.41) is 18.8. The third-order valence-electron chi connectivity index (χ3n) is 5.17. The molecule has 0 aliphatic carbocycles. The van der Waals surface area contributed by atoms with Gasteiger partial charge in [-0.2, -0.15) is 18.3 Å². The number of carbonyl (C=O) groups is 1. The van der Waals surface area contributed by atoms with Gasteiger partial charge >= 0.3 is 6.18 Å². The summed E-state index contributed by atoms with van der Waals surface area (Å²) in [6.45, 7) is 0. The maximum absolute atomic E-state index is 13.5. The smallest absolute Gasteiger partial charge is 0.384 e. The Bertz CT molecular complexity index is 1620. The zero-order chi connectivity index (χ0) is 27.0. The van der Waals surface area contributed by atoms with Crippen molar-refractivity contribution in [3.8, 4) is 16.8 Å². The fourth-order valence-electron chi connectivity index (χ4n) is 3.42. The van der Waals surface area contributed by atoms with Gasteiger partial charge in [0.2, 0.25) is 10.0 Å². The summed E-state index contributed by atoms with van der Waals surface area (Å²) < 4.78 is 64.3. The van der Waals surface area contributed by atoms with Crippen LogP contribution in [-0.2, 0) is 16.2 Å². The van der Waals surface area contributed by atoms with E-state index in [4.69, 9.17) is 16.3 Å². The number of sulfonamides is 1. The summed E-state index contributed by atoms with van der Waals surface area (Å²) in [6.07, 6.45) is -3.47. The number of amidine groups is 1. The first-order valence-electron chi connectivity index (χ1n) is 10.4. The van der Waals surface area contributed by atoms with Crippen LogP contribution in [0.1, 0.15) is 21.7 Å². The summed E-state index contributed by atoms with van der Waals surface area (Å²) in [6, 6.07) is 14.9. The zero-order valence-corrected chi connectivity index (χ0v) is 19.5. The molecule has 190 valence electrons. The predicted octanol–water partition coefficient (Wildman–Crippen LogP) is 3.14.